The second-order valence-electron chi connectivity index (χ2n) is 3.79. The fourth-order valence-corrected chi connectivity index (χ4v) is 1.46. The molecule has 3 N–H and O–H groups in total. The average Bonchev–Trinajstić information content (AvgIpc) is 2.75. The minimum Gasteiger partial charge on any atom is -0.386 e. The molecule has 0 aliphatic carbocycles. The number of rotatable bonds is 5. The Morgan fingerprint density at radius 1 is 1.63 bits per heavy atom. The van der Waals surface area contributed by atoms with Gasteiger partial charge in [-0.15, -0.1) is 24.0 Å². The number of aromatic nitrogens is 2. The first kappa shape index (κ1) is 18.4. The zero-order valence-electron chi connectivity index (χ0n) is 10.9. The van der Waals surface area contributed by atoms with E-state index in [0.29, 0.717) is 19.0 Å². The third-order valence-electron chi connectivity index (χ3n) is 2.24. The highest BCUT2D eigenvalue weighted by molar-refractivity contribution is 14.0. The van der Waals surface area contributed by atoms with Gasteiger partial charge in [-0.3, -0.25) is 9.67 Å². The molecule has 8 heteroatoms. The van der Waals surface area contributed by atoms with E-state index in [9.17, 15) is 5.11 Å². The Morgan fingerprint density at radius 3 is 2.79 bits per heavy atom. The van der Waals surface area contributed by atoms with Crippen LogP contribution in [0.1, 0.15) is 11.7 Å². The summed E-state index contributed by atoms with van der Waals surface area (Å²) in [6, 6.07) is 0. The number of aryl methyl sites for hydroxylation is 1. The van der Waals surface area contributed by atoms with Crippen molar-refractivity contribution in [2.45, 2.75) is 6.10 Å². The number of guanidine groups is 1. The summed E-state index contributed by atoms with van der Waals surface area (Å²) in [7, 11) is 3.48. The normalized spacial score (nSPS) is 12.5. The summed E-state index contributed by atoms with van der Waals surface area (Å²) in [4.78, 5) is 4.03. The molecule has 1 atom stereocenters. The van der Waals surface area contributed by atoms with Gasteiger partial charge in [-0.1, -0.05) is 22.5 Å². The lowest BCUT2D eigenvalue weighted by molar-refractivity contribution is 0.181. The smallest absolute Gasteiger partial charge is 0.191 e. The summed E-state index contributed by atoms with van der Waals surface area (Å²) in [6.07, 6.45) is 2.80. The third-order valence-corrected chi connectivity index (χ3v) is 2.52. The highest BCUT2D eigenvalue weighted by atomic mass is 127. The van der Waals surface area contributed by atoms with Gasteiger partial charge >= 0.3 is 0 Å². The first-order valence-corrected chi connectivity index (χ1v) is 6.26. The van der Waals surface area contributed by atoms with Crippen molar-refractivity contribution >= 4 is 45.9 Å². The van der Waals surface area contributed by atoms with Crippen LogP contribution in [0.5, 0.6) is 0 Å². The zero-order valence-corrected chi connectivity index (χ0v) is 14.8. The first-order chi connectivity index (χ1) is 8.52. The third kappa shape index (κ3) is 6.92. The molecule has 0 aromatic carbocycles. The van der Waals surface area contributed by atoms with E-state index < -0.39 is 6.10 Å². The lowest BCUT2D eigenvalue weighted by Gasteiger charge is -2.14. The van der Waals surface area contributed by atoms with Gasteiger partial charge in [-0.25, -0.2) is 0 Å². The van der Waals surface area contributed by atoms with E-state index in [-0.39, 0.29) is 24.0 Å². The Bertz CT molecular complexity index is 434. The quantitative estimate of drug-likeness (QED) is 0.362. The van der Waals surface area contributed by atoms with Crippen LogP contribution in [0.4, 0.5) is 0 Å². The van der Waals surface area contributed by atoms with Gasteiger partial charge < -0.3 is 15.7 Å². The van der Waals surface area contributed by atoms with Crippen molar-refractivity contribution in [3.8, 4) is 0 Å². The number of nitrogens with zero attached hydrogens (tertiary/aromatic N) is 3. The summed E-state index contributed by atoms with van der Waals surface area (Å²) >= 11 is 3.25. The van der Waals surface area contributed by atoms with Crippen LogP contribution < -0.4 is 10.6 Å². The van der Waals surface area contributed by atoms with Crippen LogP contribution in [0.25, 0.3) is 0 Å². The molecule has 1 rings (SSSR count). The molecular formula is C11H19BrIN5O. The summed E-state index contributed by atoms with van der Waals surface area (Å²) in [6.45, 7) is 4.65. The highest BCUT2D eigenvalue weighted by Crippen LogP contribution is 2.09. The number of nitrogens with one attached hydrogen (secondary N) is 2. The molecule has 108 valence electrons. The highest BCUT2D eigenvalue weighted by Gasteiger charge is 2.10. The largest absolute Gasteiger partial charge is 0.386 e. The Kier molecular flexibility index (Phi) is 9.02. The van der Waals surface area contributed by atoms with Gasteiger partial charge in [0.25, 0.3) is 0 Å². The van der Waals surface area contributed by atoms with Gasteiger partial charge in [-0.2, -0.15) is 5.10 Å². The summed E-state index contributed by atoms with van der Waals surface area (Å²) in [5, 5.41) is 20.0. The van der Waals surface area contributed by atoms with E-state index in [2.05, 4.69) is 43.2 Å². The molecule has 19 heavy (non-hydrogen) atoms. The van der Waals surface area contributed by atoms with Crippen molar-refractivity contribution in [3.63, 3.8) is 0 Å². The molecule has 1 unspecified atom stereocenters. The molecule has 0 spiro atoms. The standard InChI is InChI=1S/C11H18BrN5O.HI/c1-8(12)4-14-11(13-2)15-6-10(18)9-5-16-17(3)7-9;/h5,7,10,18H,1,4,6H2,2-3H3,(H2,13,14,15);1H. The maximum absolute atomic E-state index is 9.93. The van der Waals surface area contributed by atoms with E-state index in [1.807, 2.05) is 7.05 Å². The van der Waals surface area contributed by atoms with Gasteiger partial charge in [0.1, 0.15) is 0 Å². The van der Waals surface area contributed by atoms with Crippen molar-refractivity contribution in [2.75, 3.05) is 20.1 Å². The molecule has 1 heterocycles. The molecule has 0 aliphatic rings. The summed E-state index contributed by atoms with van der Waals surface area (Å²) < 4.78 is 2.48. The number of aliphatic hydroxyl groups is 1. The SMILES string of the molecule is C=C(Br)CNC(=NC)NCC(O)c1cnn(C)c1.I. The van der Waals surface area contributed by atoms with Crippen molar-refractivity contribution < 1.29 is 5.11 Å². The fraction of sp³-hybridized carbons (Fsp3) is 0.455. The van der Waals surface area contributed by atoms with Gasteiger partial charge in [-0.05, 0) is 0 Å². The average molecular weight is 444 g/mol. The Labute approximate surface area is 138 Å². The molecule has 0 radical (unpaired) electrons. The number of aliphatic imine (C=N–C) groups is 1. The number of hydrogen-bond acceptors (Lipinski definition) is 3. The van der Waals surface area contributed by atoms with Crippen molar-refractivity contribution in [1.82, 2.24) is 20.4 Å². The number of aliphatic hydroxyl groups excluding tert-OH is 1. The minimum atomic E-state index is -0.621. The molecule has 0 fully saturated rings. The monoisotopic (exact) mass is 443 g/mol. The van der Waals surface area contributed by atoms with Crippen LogP contribution >= 0.6 is 39.9 Å². The maximum Gasteiger partial charge on any atom is 0.191 e. The van der Waals surface area contributed by atoms with Crippen LogP contribution in [0.2, 0.25) is 0 Å². The molecule has 0 saturated heterocycles. The summed E-state index contributed by atoms with van der Waals surface area (Å²) in [5.41, 5.74) is 0.769. The second-order valence-corrected chi connectivity index (χ2v) is 4.91. The molecule has 0 aliphatic heterocycles. The van der Waals surface area contributed by atoms with E-state index in [4.69, 9.17) is 0 Å². The van der Waals surface area contributed by atoms with Gasteiger partial charge in [0.05, 0.1) is 12.3 Å². The minimum absolute atomic E-state index is 0. The summed E-state index contributed by atoms with van der Waals surface area (Å²) in [5.74, 6) is 0.610. The zero-order chi connectivity index (χ0) is 13.5. The van der Waals surface area contributed by atoms with Crippen molar-refractivity contribution in [1.29, 1.82) is 0 Å². The second kappa shape index (κ2) is 9.32. The Balaban J connectivity index is 0.00000324. The Hall–Kier alpha value is -0.610. The number of halogens is 2. The van der Waals surface area contributed by atoms with E-state index in [0.717, 1.165) is 10.0 Å². The molecule has 1 aromatic heterocycles. The molecule has 0 saturated carbocycles. The molecule has 1 aromatic rings. The van der Waals surface area contributed by atoms with E-state index >= 15 is 0 Å². The van der Waals surface area contributed by atoms with Crippen LogP contribution in [0, 0.1) is 0 Å². The lowest BCUT2D eigenvalue weighted by atomic mass is 10.2. The molecule has 0 amide bonds. The van der Waals surface area contributed by atoms with Crippen LogP contribution in [-0.2, 0) is 7.05 Å². The van der Waals surface area contributed by atoms with Crippen LogP contribution in [0.3, 0.4) is 0 Å². The predicted molar refractivity (Wildman–Crippen MR) is 91.0 cm³/mol. The lowest BCUT2D eigenvalue weighted by Crippen LogP contribution is -2.39. The Morgan fingerprint density at radius 2 is 2.32 bits per heavy atom. The van der Waals surface area contributed by atoms with Crippen molar-refractivity contribution in [2.24, 2.45) is 12.0 Å². The molecule has 6 nitrogen and oxygen atoms in total. The van der Waals surface area contributed by atoms with Gasteiger partial charge in [0, 0.05) is 43.4 Å². The predicted octanol–water partition coefficient (Wildman–Crippen LogP) is 1.15. The van der Waals surface area contributed by atoms with Crippen LogP contribution in [-0.4, -0.2) is 41.0 Å². The topological polar surface area (TPSA) is 74.5 Å². The van der Waals surface area contributed by atoms with E-state index in [1.54, 1.807) is 24.1 Å². The van der Waals surface area contributed by atoms with Crippen LogP contribution in [0.15, 0.2) is 28.4 Å². The van der Waals surface area contributed by atoms with E-state index in [1.165, 1.54) is 0 Å². The van der Waals surface area contributed by atoms with Gasteiger partial charge in [0.15, 0.2) is 5.96 Å². The fourth-order valence-electron chi connectivity index (χ4n) is 1.32. The van der Waals surface area contributed by atoms with Crippen molar-refractivity contribution in [3.05, 3.63) is 29.0 Å². The maximum atomic E-state index is 9.93. The number of hydrogen-bond donors (Lipinski definition) is 3. The molecule has 0 bridgehead atoms. The first-order valence-electron chi connectivity index (χ1n) is 5.47. The molecular weight excluding hydrogens is 425 g/mol. The van der Waals surface area contributed by atoms with Gasteiger partial charge in [0.2, 0.25) is 0 Å².